The number of benzene rings is 10. The van der Waals surface area contributed by atoms with E-state index < -0.39 is 0 Å². The summed E-state index contributed by atoms with van der Waals surface area (Å²) in [7, 11) is 0. The highest BCUT2D eigenvalue weighted by molar-refractivity contribution is 6.10. The summed E-state index contributed by atoms with van der Waals surface area (Å²) in [6.07, 6.45) is 0. The fourth-order valence-corrected chi connectivity index (χ4v) is 10.6. The molecule has 11 aromatic rings. The van der Waals surface area contributed by atoms with Crippen LogP contribution in [-0.2, 0) is 5.41 Å². The highest BCUT2D eigenvalue weighted by atomic mass is 15.1. The van der Waals surface area contributed by atoms with Crippen LogP contribution in [0.5, 0.6) is 0 Å². The van der Waals surface area contributed by atoms with Gasteiger partial charge in [-0.05, 0) is 160 Å². The van der Waals surface area contributed by atoms with Gasteiger partial charge in [0.05, 0.1) is 11.0 Å². The molecule has 0 bridgehead atoms. The standard InChI is InChI=1S/C66H52N2/c1-43-10-15-46(16-11-43)47-17-19-48(20-18-47)49-21-35-57(36-22-49)68-64-9-7-6-8-60(64)61-41-52(28-39-65(61)68)50-23-31-55(32-24-50)67(54-29-12-44(2)13-30-54)56-33-25-51(26-34-56)53-27-38-59-58-37-14-45(3)40-62(58)66(4,5)63(59)42-53/h6-42H,1-5H3. The smallest absolute Gasteiger partial charge is 0.0541 e. The maximum atomic E-state index is 2.41. The average Bonchev–Trinajstić information content (AvgIpc) is 3.82. The van der Waals surface area contributed by atoms with E-state index in [9.17, 15) is 0 Å². The summed E-state index contributed by atoms with van der Waals surface area (Å²) in [6, 6.07) is 83.2. The van der Waals surface area contributed by atoms with Crippen molar-refractivity contribution >= 4 is 38.9 Å². The van der Waals surface area contributed by atoms with Gasteiger partial charge in [-0.25, -0.2) is 0 Å². The minimum absolute atomic E-state index is 0.0451. The molecule has 0 aliphatic heterocycles. The molecule has 0 spiro atoms. The van der Waals surface area contributed by atoms with Gasteiger partial charge in [0.2, 0.25) is 0 Å². The third-order valence-corrected chi connectivity index (χ3v) is 14.4. The second-order valence-corrected chi connectivity index (χ2v) is 19.3. The zero-order valence-electron chi connectivity index (χ0n) is 39.3. The van der Waals surface area contributed by atoms with Crippen LogP contribution in [0.3, 0.4) is 0 Å². The number of aromatic nitrogens is 1. The number of rotatable bonds is 8. The normalized spacial score (nSPS) is 12.6. The molecule has 0 saturated carbocycles. The molecule has 0 N–H and O–H groups in total. The van der Waals surface area contributed by atoms with E-state index in [-0.39, 0.29) is 5.41 Å². The van der Waals surface area contributed by atoms with Crippen molar-refractivity contribution < 1.29 is 0 Å². The van der Waals surface area contributed by atoms with Gasteiger partial charge in [0.1, 0.15) is 0 Å². The van der Waals surface area contributed by atoms with E-state index in [1.165, 1.54) is 105 Å². The molecular formula is C66H52N2. The Kier molecular flexibility index (Phi) is 9.88. The van der Waals surface area contributed by atoms with Gasteiger partial charge < -0.3 is 9.47 Å². The van der Waals surface area contributed by atoms with Gasteiger partial charge in [0.25, 0.3) is 0 Å². The van der Waals surface area contributed by atoms with Crippen LogP contribution in [0.25, 0.3) is 83.1 Å². The number of hydrogen-bond acceptors (Lipinski definition) is 1. The van der Waals surface area contributed by atoms with Crippen LogP contribution >= 0.6 is 0 Å². The van der Waals surface area contributed by atoms with Gasteiger partial charge in [-0.15, -0.1) is 0 Å². The van der Waals surface area contributed by atoms with Gasteiger partial charge in [-0.2, -0.15) is 0 Å². The van der Waals surface area contributed by atoms with Crippen LogP contribution in [0.15, 0.2) is 224 Å². The third kappa shape index (κ3) is 7.12. The summed E-state index contributed by atoms with van der Waals surface area (Å²) in [5.41, 5.74) is 25.9. The van der Waals surface area contributed by atoms with Crippen molar-refractivity contribution in [3.8, 4) is 61.3 Å². The van der Waals surface area contributed by atoms with Crippen LogP contribution in [0, 0.1) is 20.8 Å². The molecule has 12 rings (SSSR count). The summed E-state index contributed by atoms with van der Waals surface area (Å²) >= 11 is 0. The first-order chi connectivity index (χ1) is 33.2. The molecule has 1 heterocycles. The molecule has 0 atom stereocenters. The topological polar surface area (TPSA) is 8.17 Å². The van der Waals surface area contributed by atoms with Crippen molar-refractivity contribution in [1.82, 2.24) is 4.57 Å². The van der Waals surface area contributed by atoms with Crippen molar-refractivity contribution in [2.75, 3.05) is 4.90 Å². The molecule has 0 radical (unpaired) electrons. The lowest BCUT2D eigenvalue weighted by atomic mass is 9.81. The molecule has 1 aromatic heterocycles. The highest BCUT2D eigenvalue weighted by Crippen LogP contribution is 2.50. The number of anilines is 3. The van der Waals surface area contributed by atoms with Gasteiger partial charge in [0.15, 0.2) is 0 Å². The van der Waals surface area contributed by atoms with Gasteiger partial charge in [0, 0.05) is 38.9 Å². The minimum Gasteiger partial charge on any atom is -0.311 e. The maximum absolute atomic E-state index is 2.41. The van der Waals surface area contributed by atoms with E-state index >= 15 is 0 Å². The number of para-hydroxylation sites is 1. The fourth-order valence-electron chi connectivity index (χ4n) is 10.6. The zero-order chi connectivity index (χ0) is 46.1. The van der Waals surface area contributed by atoms with Crippen molar-refractivity contribution in [3.05, 3.63) is 252 Å². The second-order valence-electron chi connectivity index (χ2n) is 19.3. The molecule has 1 aliphatic rings. The molecule has 0 unspecified atom stereocenters. The summed E-state index contributed by atoms with van der Waals surface area (Å²) in [5.74, 6) is 0. The number of aryl methyl sites for hydroxylation is 3. The van der Waals surface area contributed by atoms with Crippen LogP contribution < -0.4 is 4.90 Å². The van der Waals surface area contributed by atoms with Crippen molar-refractivity contribution in [2.24, 2.45) is 0 Å². The Balaban J connectivity index is 0.838. The Labute approximate surface area is 400 Å². The molecule has 0 fully saturated rings. The molecule has 1 aliphatic carbocycles. The number of hydrogen-bond donors (Lipinski definition) is 0. The molecular weight excluding hydrogens is 821 g/mol. The van der Waals surface area contributed by atoms with E-state index in [1.807, 2.05) is 0 Å². The average molecular weight is 873 g/mol. The van der Waals surface area contributed by atoms with Gasteiger partial charge in [-0.1, -0.05) is 182 Å². The van der Waals surface area contributed by atoms with Crippen LogP contribution in [-0.4, -0.2) is 4.57 Å². The first kappa shape index (κ1) is 41.2. The molecule has 0 amide bonds. The lowest BCUT2D eigenvalue weighted by Gasteiger charge is -2.26. The monoisotopic (exact) mass is 872 g/mol. The van der Waals surface area contributed by atoms with Crippen LogP contribution in [0.1, 0.15) is 41.7 Å². The Morgan fingerprint density at radius 1 is 0.324 bits per heavy atom. The lowest BCUT2D eigenvalue weighted by Crippen LogP contribution is -2.15. The van der Waals surface area contributed by atoms with Crippen LogP contribution in [0.2, 0.25) is 0 Å². The maximum Gasteiger partial charge on any atom is 0.0541 e. The van der Waals surface area contributed by atoms with Crippen molar-refractivity contribution in [2.45, 2.75) is 40.0 Å². The Morgan fingerprint density at radius 3 is 1.29 bits per heavy atom. The predicted octanol–water partition coefficient (Wildman–Crippen LogP) is 18.2. The fraction of sp³-hybridized carbons (Fsp3) is 0.0909. The van der Waals surface area contributed by atoms with Gasteiger partial charge >= 0.3 is 0 Å². The summed E-state index contributed by atoms with van der Waals surface area (Å²) in [5, 5.41) is 2.49. The second kappa shape index (κ2) is 16.3. The van der Waals surface area contributed by atoms with Crippen molar-refractivity contribution in [3.63, 3.8) is 0 Å². The van der Waals surface area contributed by atoms with Gasteiger partial charge in [-0.3, -0.25) is 0 Å². The first-order valence-electron chi connectivity index (χ1n) is 23.8. The Bertz CT molecular complexity index is 3670. The first-order valence-corrected chi connectivity index (χ1v) is 23.8. The third-order valence-electron chi connectivity index (χ3n) is 14.4. The summed E-state index contributed by atoms with van der Waals surface area (Å²) < 4.78 is 2.40. The largest absolute Gasteiger partial charge is 0.311 e. The molecule has 10 aromatic carbocycles. The minimum atomic E-state index is -0.0451. The van der Waals surface area contributed by atoms with E-state index in [0.717, 1.165) is 22.7 Å². The molecule has 2 heteroatoms. The number of fused-ring (bicyclic) bond motifs is 6. The van der Waals surface area contributed by atoms with Crippen LogP contribution in [0.4, 0.5) is 17.1 Å². The summed E-state index contributed by atoms with van der Waals surface area (Å²) in [6.45, 7) is 11.2. The molecule has 2 nitrogen and oxygen atoms in total. The van der Waals surface area contributed by atoms with E-state index in [1.54, 1.807) is 0 Å². The molecule has 68 heavy (non-hydrogen) atoms. The van der Waals surface area contributed by atoms with Crippen molar-refractivity contribution in [1.29, 1.82) is 0 Å². The number of nitrogens with zero attached hydrogens (tertiary/aromatic N) is 2. The van der Waals surface area contributed by atoms with E-state index in [0.29, 0.717) is 0 Å². The lowest BCUT2D eigenvalue weighted by molar-refractivity contribution is 0.660. The zero-order valence-corrected chi connectivity index (χ0v) is 39.3. The SMILES string of the molecule is Cc1ccc(-c2ccc(-c3ccc(-n4c5ccccc5c5cc(-c6ccc(N(c7ccc(C)cc7)c7ccc(-c8ccc9c(c8)C(C)(C)c8cc(C)ccc8-9)cc7)cc6)ccc54)cc3)cc2)cc1. The molecule has 326 valence electrons. The Morgan fingerprint density at radius 2 is 0.706 bits per heavy atom. The predicted molar refractivity (Wildman–Crippen MR) is 289 cm³/mol. The van der Waals surface area contributed by atoms with E-state index in [4.69, 9.17) is 0 Å². The summed E-state index contributed by atoms with van der Waals surface area (Å²) in [4.78, 5) is 2.36. The quantitative estimate of drug-likeness (QED) is 0.148. The highest BCUT2D eigenvalue weighted by Gasteiger charge is 2.35. The Hall–Kier alpha value is -8.20. The van der Waals surface area contributed by atoms with E-state index in [2.05, 4.69) is 269 Å². The molecule has 0 saturated heterocycles.